The third-order valence-electron chi connectivity index (χ3n) is 0.854. The Kier molecular flexibility index (Phi) is 1.44. The lowest BCUT2D eigenvalue weighted by molar-refractivity contribution is 0.100. The van der Waals surface area contributed by atoms with Crippen LogP contribution in [-0.4, -0.2) is 15.1 Å². The van der Waals surface area contributed by atoms with Crippen LogP contribution in [0.5, 0.6) is 0 Å². The van der Waals surface area contributed by atoms with Gasteiger partial charge in [-0.25, -0.2) is 4.09 Å². The van der Waals surface area contributed by atoms with Crippen molar-refractivity contribution in [2.45, 2.75) is 0 Å². The fourth-order valence-electron chi connectivity index (χ4n) is 0.440. The molecule has 0 aliphatic carbocycles. The average molecular weight is 143 g/mol. The van der Waals surface area contributed by atoms with Crippen LogP contribution in [0.15, 0.2) is 12.4 Å². The van der Waals surface area contributed by atoms with Gasteiger partial charge in [-0.05, 0) is 12.8 Å². The summed E-state index contributed by atoms with van der Waals surface area (Å²) in [6.45, 7) is 0. The van der Waals surface area contributed by atoms with Crippen LogP contribution < -0.4 is 5.73 Å². The number of aromatic nitrogens is 2. The Morgan fingerprint density at radius 1 is 1.89 bits per heavy atom. The number of hydrogen-bond donors (Lipinski definition) is 2. The molecule has 1 amide bonds. The van der Waals surface area contributed by atoms with Gasteiger partial charge in [-0.1, -0.05) is 0 Å². The Bertz CT molecular complexity index is 231. The van der Waals surface area contributed by atoms with Gasteiger partial charge in [0.1, 0.15) is 0 Å². The van der Waals surface area contributed by atoms with E-state index >= 15 is 0 Å². The lowest BCUT2D eigenvalue weighted by Crippen LogP contribution is -2.09. The largest absolute Gasteiger partial charge is 0.366 e. The molecule has 5 heteroatoms. The van der Waals surface area contributed by atoms with Crippen LogP contribution in [0.4, 0.5) is 0 Å². The second-order valence-electron chi connectivity index (χ2n) is 1.51. The monoisotopic (exact) mass is 143 g/mol. The van der Waals surface area contributed by atoms with Crippen molar-refractivity contribution >= 4 is 18.7 Å². The van der Waals surface area contributed by atoms with Crippen LogP contribution in [0, 0.1) is 0 Å². The molecule has 0 aromatic carbocycles. The van der Waals surface area contributed by atoms with Gasteiger partial charge in [0.2, 0.25) is 0 Å². The molecule has 1 aromatic heterocycles. The van der Waals surface area contributed by atoms with Gasteiger partial charge in [-0.3, -0.25) is 4.79 Å². The van der Waals surface area contributed by atoms with Gasteiger partial charge in [0.05, 0.1) is 18.0 Å². The third kappa shape index (κ3) is 1.23. The van der Waals surface area contributed by atoms with E-state index < -0.39 is 5.91 Å². The molecule has 0 bridgehead atoms. The van der Waals surface area contributed by atoms with E-state index in [1.54, 1.807) is 0 Å². The van der Waals surface area contributed by atoms with Gasteiger partial charge < -0.3 is 5.73 Å². The molecule has 1 aromatic rings. The minimum Gasteiger partial charge on any atom is -0.366 e. The van der Waals surface area contributed by atoms with Gasteiger partial charge in [-0.15, -0.1) is 0 Å². The van der Waals surface area contributed by atoms with Crippen LogP contribution in [0.1, 0.15) is 10.4 Å². The van der Waals surface area contributed by atoms with Crippen molar-refractivity contribution in [3.8, 4) is 0 Å². The van der Waals surface area contributed by atoms with Crippen molar-refractivity contribution in [1.82, 2.24) is 9.19 Å². The Morgan fingerprint density at radius 3 is 2.78 bits per heavy atom. The first-order valence-electron chi connectivity index (χ1n) is 2.24. The summed E-state index contributed by atoms with van der Waals surface area (Å²) < 4.78 is 1.22. The molecule has 1 heterocycles. The highest BCUT2D eigenvalue weighted by Crippen LogP contribution is 1.95. The lowest BCUT2D eigenvalue weighted by atomic mass is 10.4. The predicted octanol–water partition coefficient (Wildman–Crippen LogP) is -0.325. The lowest BCUT2D eigenvalue weighted by Gasteiger charge is -1.81. The first-order valence-corrected chi connectivity index (χ1v) is 2.64. The summed E-state index contributed by atoms with van der Waals surface area (Å²) in [6.07, 6.45) is 2.79. The molecule has 9 heavy (non-hydrogen) atoms. The fraction of sp³-hybridized carbons (Fsp3) is 0. The topological polar surface area (TPSA) is 60.9 Å². The van der Waals surface area contributed by atoms with Crippen LogP contribution >= 0.6 is 12.8 Å². The maximum Gasteiger partial charge on any atom is 0.251 e. The summed E-state index contributed by atoms with van der Waals surface area (Å²) >= 11 is 3.80. The minimum absolute atomic E-state index is 0.366. The fourth-order valence-corrected chi connectivity index (χ4v) is 0.616. The van der Waals surface area contributed by atoms with E-state index in [0.717, 1.165) is 0 Å². The molecular weight excluding hydrogens is 138 g/mol. The number of hydrogen-bond acceptors (Lipinski definition) is 3. The van der Waals surface area contributed by atoms with Crippen molar-refractivity contribution in [1.29, 1.82) is 0 Å². The zero-order valence-corrected chi connectivity index (χ0v) is 5.38. The standard InChI is InChI=1S/C4H5N3OS/c5-4(8)3-1-6-7(9)2-3/h1-2,9H,(H2,5,8). The van der Waals surface area contributed by atoms with Crippen LogP contribution in [0.25, 0.3) is 0 Å². The number of primary amides is 1. The summed E-state index contributed by atoms with van der Waals surface area (Å²) in [6, 6.07) is 0. The first-order chi connectivity index (χ1) is 4.20. The molecule has 0 spiro atoms. The van der Waals surface area contributed by atoms with E-state index in [4.69, 9.17) is 5.73 Å². The normalized spacial score (nSPS) is 9.44. The van der Waals surface area contributed by atoms with Gasteiger partial charge in [0, 0.05) is 0 Å². The molecule has 0 saturated carbocycles. The summed E-state index contributed by atoms with van der Waals surface area (Å²) in [5, 5.41) is 3.62. The molecule has 0 aliphatic rings. The maximum atomic E-state index is 10.3. The second kappa shape index (κ2) is 2.10. The molecule has 0 aliphatic heterocycles. The van der Waals surface area contributed by atoms with E-state index in [1.807, 2.05) is 0 Å². The molecule has 0 radical (unpaired) electrons. The Morgan fingerprint density at radius 2 is 2.56 bits per heavy atom. The van der Waals surface area contributed by atoms with E-state index in [2.05, 4.69) is 17.9 Å². The van der Waals surface area contributed by atoms with Crippen molar-refractivity contribution in [2.24, 2.45) is 5.73 Å². The van der Waals surface area contributed by atoms with E-state index in [9.17, 15) is 4.79 Å². The van der Waals surface area contributed by atoms with Crippen molar-refractivity contribution in [3.05, 3.63) is 18.0 Å². The molecular formula is C4H5N3OS. The molecule has 0 fully saturated rings. The summed E-state index contributed by atoms with van der Waals surface area (Å²) in [5.74, 6) is -0.490. The number of carbonyl (C=O) groups excluding carboxylic acids is 1. The molecule has 48 valence electrons. The SMILES string of the molecule is NC(=O)c1cnn(S)c1. The quantitative estimate of drug-likeness (QED) is 0.529. The van der Waals surface area contributed by atoms with Crippen LogP contribution in [-0.2, 0) is 0 Å². The Balaban J connectivity index is 2.98. The Labute approximate surface area is 57.2 Å². The Hall–Kier alpha value is -0.970. The average Bonchev–Trinajstić information content (AvgIpc) is 2.14. The van der Waals surface area contributed by atoms with Crippen molar-refractivity contribution in [3.63, 3.8) is 0 Å². The molecule has 0 saturated heterocycles. The number of rotatable bonds is 1. The molecule has 2 N–H and O–H groups in total. The highest BCUT2D eigenvalue weighted by Gasteiger charge is 2.00. The zero-order valence-electron chi connectivity index (χ0n) is 4.48. The summed E-state index contributed by atoms with van der Waals surface area (Å²) in [4.78, 5) is 10.3. The number of nitrogens with two attached hydrogens (primary N) is 1. The maximum absolute atomic E-state index is 10.3. The molecule has 0 atom stereocenters. The molecule has 0 unspecified atom stereocenters. The molecule has 4 nitrogen and oxygen atoms in total. The third-order valence-corrected chi connectivity index (χ3v) is 1.07. The summed E-state index contributed by atoms with van der Waals surface area (Å²) in [7, 11) is 0. The van der Waals surface area contributed by atoms with E-state index in [-0.39, 0.29) is 0 Å². The van der Waals surface area contributed by atoms with Gasteiger partial charge in [-0.2, -0.15) is 5.10 Å². The number of nitrogens with zero attached hydrogens (tertiary/aromatic N) is 2. The van der Waals surface area contributed by atoms with Crippen LogP contribution in [0.2, 0.25) is 0 Å². The predicted molar refractivity (Wildman–Crippen MR) is 35.1 cm³/mol. The first kappa shape index (κ1) is 6.15. The number of carbonyl (C=O) groups is 1. The number of thiol groups is 1. The van der Waals surface area contributed by atoms with Crippen molar-refractivity contribution < 1.29 is 4.79 Å². The molecule has 1 rings (SSSR count). The van der Waals surface area contributed by atoms with Gasteiger partial charge in [0.25, 0.3) is 5.91 Å². The van der Waals surface area contributed by atoms with E-state index in [1.165, 1.54) is 16.5 Å². The highest BCUT2D eigenvalue weighted by molar-refractivity contribution is 7.78. The van der Waals surface area contributed by atoms with E-state index in [0.29, 0.717) is 5.56 Å². The van der Waals surface area contributed by atoms with Crippen LogP contribution in [0.3, 0.4) is 0 Å². The minimum atomic E-state index is -0.490. The smallest absolute Gasteiger partial charge is 0.251 e. The second-order valence-corrected chi connectivity index (χ2v) is 1.92. The highest BCUT2D eigenvalue weighted by atomic mass is 32.1. The van der Waals surface area contributed by atoms with Crippen molar-refractivity contribution in [2.75, 3.05) is 0 Å². The zero-order chi connectivity index (χ0) is 6.85. The summed E-state index contributed by atoms with van der Waals surface area (Å²) in [5.41, 5.74) is 5.27. The van der Waals surface area contributed by atoms with Gasteiger partial charge >= 0.3 is 0 Å². The number of amides is 1. The van der Waals surface area contributed by atoms with Gasteiger partial charge in [0.15, 0.2) is 0 Å².